The van der Waals surface area contributed by atoms with Crippen LogP contribution in [-0.2, 0) is 12.8 Å². The van der Waals surface area contributed by atoms with Gasteiger partial charge in [0.1, 0.15) is 5.82 Å². The molecule has 6 nitrogen and oxygen atoms in total. The fourth-order valence-electron chi connectivity index (χ4n) is 4.10. The van der Waals surface area contributed by atoms with Gasteiger partial charge in [0.15, 0.2) is 5.82 Å². The van der Waals surface area contributed by atoms with E-state index < -0.39 is 0 Å². The molecule has 1 aliphatic heterocycles. The Hall–Kier alpha value is -3.67. The summed E-state index contributed by atoms with van der Waals surface area (Å²) in [4.78, 5) is 29.4. The lowest BCUT2D eigenvalue weighted by molar-refractivity contribution is 0.0994. The molecule has 0 spiro atoms. The third-order valence-corrected chi connectivity index (χ3v) is 5.74. The number of H-pyrrole nitrogens is 1. The number of hydrogen-bond donors (Lipinski definition) is 1. The summed E-state index contributed by atoms with van der Waals surface area (Å²) < 4.78 is 0. The third-order valence-electron chi connectivity index (χ3n) is 5.74. The van der Waals surface area contributed by atoms with Crippen molar-refractivity contribution in [1.29, 1.82) is 0 Å². The van der Waals surface area contributed by atoms with Gasteiger partial charge in [-0.05, 0) is 66.6 Å². The van der Waals surface area contributed by atoms with Crippen molar-refractivity contribution in [2.75, 3.05) is 23.4 Å². The molecule has 6 heteroatoms. The van der Waals surface area contributed by atoms with Crippen LogP contribution in [0.3, 0.4) is 0 Å². The topological polar surface area (TPSA) is 65.1 Å². The van der Waals surface area contributed by atoms with Gasteiger partial charge in [-0.15, -0.1) is 0 Å². The van der Waals surface area contributed by atoms with Crippen molar-refractivity contribution < 1.29 is 4.79 Å². The minimum Gasteiger partial charge on any atom is -0.361 e. The van der Waals surface area contributed by atoms with Gasteiger partial charge in [-0.2, -0.15) is 0 Å². The first kappa shape index (κ1) is 18.4. The summed E-state index contributed by atoms with van der Waals surface area (Å²) in [6.45, 7) is 2.73. The lowest BCUT2D eigenvalue weighted by Crippen LogP contribution is -2.25. The second kappa shape index (κ2) is 7.30. The van der Waals surface area contributed by atoms with E-state index in [-0.39, 0.29) is 5.91 Å². The SMILES string of the molecule is CCN1c2ncc(CCc3ccc4cc[nH]c4c3)cc2C(=O)N(C)c2cccnc21. The monoisotopic (exact) mass is 397 g/mol. The fourth-order valence-corrected chi connectivity index (χ4v) is 4.10. The van der Waals surface area contributed by atoms with Gasteiger partial charge in [0.2, 0.25) is 0 Å². The molecule has 0 aliphatic carbocycles. The number of benzene rings is 1. The molecule has 0 unspecified atom stereocenters. The number of aromatic amines is 1. The zero-order chi connectivity index (χ0) is 20.7. The maximum atomic E-state index is 13.2. The maximum Gasteiger partial charge on any atom is 0.261 e. The molecule has 0 radical (unpaired) electrons. The summed E-state index contributed by atoms with van der Waals surface area (Å²) >= 11 is 0. The van der Waals surface area contributed by atoms with Crippen molar-refractivity contribution in [3.05, 3.63) is 77.7 Å². The largest absolute Gasteiger partial charge is 0.361 e. The van der Waals surface area contributed by atoms with Crippen molar-refractivity contribution in [3.63, 3.8) is 0 Å². The van der Waals surface area contributed by atoms with Crippen LogP contribution in [0.1, 0.15) is 28.4 Å². The Morgan fingerprint density at radius 3 is 2.73 bits per heavy atom. The predicted octanol–water partition coefficient (Wildman–Crippen LogP) is 4.49. The van der Waals surface area contributed by atoms with Gasteiger partial charge >= 0.3 is 0 Å². The molecule has 1 aliphatic rings. The van der Waals surface area contributed by atoms with Gasteiger partial charge in [0.25, 0.3) is 5.91 Å². The first-order chi connectivity index (χ1) is 14.7. The number of amides is 1. The van der Waals surface area contributed by atoms with E-state index in [9.17, 15) is 4.79 Å². The number of nitrogens with one attached hydrogen (secondary N) is 1. The van der Waals surface area contributed by atoms with E-state index in [0.29, 0.717) is 17.9 Å². The molecule has 1 aromatic carbocycles. The molecule has 150 valence electrons. The first-order valence-electron chi connectivity index (χ1n) is 10.2. The van der Waals surface area contributed by atoms with E-state index in [1.807, 2.05) is 42.4 Å². The standard InChI is InChI=1S/C24H23N5O/c1-3-29-22-19(24(30)28(2)21-5-4-11-26-23(21)29)13-17(15-27-22)7-6-16-8-9-18-10-12-25-20(18)14-16/h4-5,8-15,25H,3,6-7H2,1-2H3. The van der Waals surface area contributed by atoms with E-state index >= 15 is 0 Å². The molecule has 1 N–H and O–H groups in total. The fraction of sp³-hybridized carbons (Fsp3) is 0.208. The lowest BCUT2D eigenvalue weighted by Gasteiger charge is -2.22. The van der Waals surface area contributed by atoms with E-state index in [1.165, 1.54) is 10.9 Å². The number of hydrogen-bond acceptors (Lipinski definition) is 4. The highest BCUT2D eigenvalue weighted by molar-refractivity contribution is 6.12. The van der Waals surface area contributed by atoms with Crippen LogP contribution in [0.2, 0.25) is 0 Å². The van der Waals surface area contributed by atoms with Crippen molar-refractivity contribution in [3.8, 4) is 0 Å². The average molecular weight is 397 g/mol. The Bertz CT molecular complexity index is 1250. The Labute approximate surface area is 175 Å². The van der Waals surface area contributed by atoms with Crippen LogP contribution in [0.15, 0.2) is 61.1 Å². The third kappa shape index (κ3) is 3.01. The number of rotatable bonds is 4. The number of fused-ring (bicyclic) bond motifs is 3. The summed E-state index contributed by atoms with van der Waals surface area (Å²) in [5.74, 6) is 1.37. The summed E-state index contributed by atoms with van der Waals surface area (Å²) in [6.07, 6.45) is 7.30. The molecule has 1 amide bonds. The van der Waals surface area contributed by atoms with Crippen molar-refractivity contribution in [2.24, 2.45) is 0 Å². The van der Waals surface area contributed by atoms with Gasteiger partial charge in [0, 0.05) is 37.7 Å². The smallest absolute Gasteiger partial charge is 0.261 e. The van der Waals surface area contributed by atoms with E-state index in [2.05, 4.69) is 34.2 Å². The second-order valence-electron chi connectivity index (χ2n) is 7.57. The van der Waals surface area contributed by atoms with Crippen LogP contribution >= 0.6 is 0 Å². The Kier molecular flexibility index (Phi) is 4.47. The van der Waals surface area contributed by atoms with Crippen molar-refractivity contribution >= 4 is 34.1 Å². The number of pyridine rings is 2. The highest BCUT2D eigenvalue weighted by Crippen LogP contribution is 2.37. The van der Waals surface area contributed by atoms with Gasteiger partial charge in [-0.1, -0.05) is 12.1 Å². The lowest BCUT2D eigenvalue weighted by atomic mass is 10.0. The number of anilines is 3. The number of aromatic nitrogens is 3. The zero-order valence-electron chi connectivity index (χ0n) is 17.1. The van der Waals surface area contributed by atoms with Gasteiger partial charge in [-0.3, -0.25) is 4.79 Å². The summed E-state index contributed by atoms with van der Waals surface area (Å²) in [6, 6.07) is 14.3. The zero-order valence-corrected chi connectivity index (χ0v) is 17.1. The molecule has 3 aromatic heterocycles. The molecule has 30 heavy (non-hydrogen) atoms. The highest BCUT2D eigenvalue weighted by Gasteiger charge is 2.30. The van der Waals surface area contributed by atoms with Gasteiger partial charge in [-0.25, -0.2) is 9.97 Å². The number of carbonyl (C=O) groups is 1. The Balaban J connectivity index is 1.47. The summed E-state index contributed by atoms with van der Waals surface area (Å²) in [5, 5.41) is 1.21. The second-order valence-corrected chi connectivity index (χ2v) is 7.57. The predicted molar refractivity (Wildman–Crippen MR) is 120 cm³/mol. The average Bonchev–Trinajstić information content (AvgIpc) is 3.23. The molecule has 4 aromatic rings. The van der Waals surface area contributed by atoms with Crippen molar-refractivity contribution in [1.82, 2.24) is 15.0 Å². The molecular formula is C24H23N5O. The molecule has 5 rings (SSSR count). The molecule has 0 fully saturated rings. The molecule has 0 bridgehead atoms. The maximum absolute atomic E-state index is 13.2. The first-order valence-corrected chi connectivity index (χ1v) is 10.2. The van der Waals surface area contributed by atoms with Crippen molar-refractivity contribution in [2.45, 2.75) is 19.8 Å². The molecule has 4 heterocycles. The van der Waals surface area contributed by atoms with Gasteiger partial charge in [0.05, 0.1) is 11.3 Å². The van der Waals surface area contributed by atoms with Gasteiger partial charge < -0.3 is 14.8 Å². The molecule has 0 atom stereocenters. The Morgan fingerprint density at radius 1 is 1.00 bits per heavy atom. The van der Waals surface area contributed by atoms with Crippen LogP contribution in [0, 0.1) is 0 Å². The minimum absolute atomic E-state index is 0.0580. The highest BCUT2D eigenvalue weighted by atomic mass is 16.2. The van der Waals surface area contributed by atoms with E-state index in [1.54, 1.807) is 18.1 Å². The van der Waals surface area contributed by atoms with Crippen LogP contribution in [0.4, 0.5) is 17.3 Å². The van der Waals surface area contributed by atoms with Crippen LogP contribution in [-0.4, -0.2) is 34.5 Å². The normalized spacial score (nSPS) is 13.3. The summed E-state index contributed by atoms with van der Waals surface area (Å²) in [5.41, 5.74) is 4.87. The molecular weight excluding hydrogens is 374 g/mol. The van der Waals surface area contributed by atoms with Crippen LogP contribution < -0.4 is 9.80 Å². The Morgan fingerprint density at radius 2 is 1.87 bits per heavy atom. The van der Waals surface area contributed by atoms with E-state index in [0.717, 1.165) is 35.4 Å². The molecule has 0 saturated heterocycles. The van der Waals surface area contributed by atoms with Crippen LogP contribution in [0.5, 0.6) is 0 Å². The number of nitrogens with zero attached hydrogens (tertiary/aromatic N) is 4. The minimum atomic E-state index is -0.0580. The molecule has 0 saturated carbocycles. The number of carbonyl (C=O) groups excluding carboxylic acids is 1. The van der Waals surface area contributed by atoms with Crippen LogP contribution in [0.25, 0.3) is 10.9 Å². The quantitative estimate of drug-likeness (QED) is 0.551. The summed E-state index contributed by atoms with van der Waals surface area (Å²) in [7, 11) is 1.80. The van der Waals surface area contributed by atoms with E-state index in [4.69, 9.17) is 4.98 Å². The number of aryl methyl sites for hydroxylation is 2.